The summed E-state index contributed by atoms with van der Waals surface area (Å²) in [6.07, 6.45) is 0. The van der Waals surface area contributed by atoms with Gasteiger partial charge >= 0.3 is 0 Å². The first-order valence-corrected chi connectivity index (χ1v) is 6.27. The molecule has 0 atom stereocenters. The number of hydrogen-bond donors (Lipinski definition) is 1. The van der Waals surface area contributed by atoms with Crippen molar-refractivity contribution in [2.45, 2.75) is 0 Å². The minimum atomic E-state index is -0.332. The third-order valence-electron chi connectivity index (χ3n) is 3.28. The number of anilines is 1. The average molecular weight is 278 g/mol. The van der Waals surface area contributed by atoms with Crippen molar-refractivity contribution in [2.24, 2.45) is 0 Å². The molecule has 3 rings (SSSR count). The normalized spacial score (nSPS) is 13.4. The van der Waals surface area contributed by atoms with Crippen LogP contribution in [-0.4, -0.2) is 0 Å². The SMILES string of the molecule is C=C1Oc2cc(N)ccc2C(c2ccc(F)cc2)=C1C#N. The van der Waals surface area contributed by atoms with Crippen LogP contribution in [0.4, 0.5) is 10.1 Å². The quantitative estimate of drug-likeness (QED) is 0.810. The Morgan fingerprint density at radius 1 is 1.14 bits per heavy atom. The fourth-order valence-electron chi connectivity index (χ4n) is 2.32. The van der Waals surface area contributed by atoms with Gasteiger partial charge in [0.15, 0.2) is 0 Å². The van der Waals surface area contributed by atoms with Gasteiger partial charge in [0.25, 0.3) is 0 Å². The lowest BCUT2D eigenvalue weighted by atomic mass is 9.90. The van der Waals surface area contributed by atoms with E-state index in [9.17, 15) is 9.65 Å². The summed E-state index contributed by atoms with van der Waals surface area (Å²) in [5.74, 6) is 0.467. The van der Waals surface area contributed by atoms with Gasteiger partial charge < -0.3 is 10.5 Å². The molecule has 0 aliphatic carbocycles. The van der Waals surface area contributed by atoms with E-state index >= 15 is 0 Å². The van der Waals surface area contributed by atoms with Crippen LogP contribution in [0.25, 0.3) is 5.57 Å². The average Bonchev–Trinajstić information content (AvgIpc) is 2.46. The molecule has 0 unspecified atom stereocenters. The summed E-state index contributed by atoms with van der Waals surface area (Å²) in [5.41, 5.74) is 8.78. The highest BCUT2D eigenvalue weighted by atomic mass is 19.1. The van der Waals surface area contributed by atoms with E-state index in [0.717, 1.165) is 11.1 Å². The highest BCUT2D eigenvalue weighted by Gasteiger charge is 2.24. The summed E-state index contributed by atoms with van der Waals surface area (Å²) in [6.45, 7) is 3.77. The first-order valence-electron chi connectivity index (χ1n) is 6.27. The lowest BCUT2D eigenvalue weighted by Crippen LogP contribution is -2.09. The second-order valence-electron chi connectivity index (χ2n) is 4.65. The maximum Gasteiger partial charge on any atom is 0.138 e. The highest BCUT2D eigenvalue weighted by molar-refractivity contribution is 5.91. The Morgan fingerprint density at radius 2 is 1.86 bits per heavy atom. The lowest BCUT2D eigenvalue weighted by Gasteiger charge is -2.22. The minimum absolute atomic E-state index is 0.259. The Bertz CT molecular complexity index is 814. The van der Waals surface area contributed by atoms with Crippen molar-refractivity contribution >= 4 is 11.3 Å². The number of fused-ring (bicyclic) bond motifs is 1. The first kappa shape index (κ1) is 12.9. The third kappa shape index (κ3) is 2.15. The van der Waals surface area contributed by atoms with Crippen molar-refractivity contribution in [2.75, 3.05) is 5.73 Å². The fourth-order valence-corrected chi connectivity index (χ4v) is 2.32. The van der Waals surface area contributed by atoms with Crippen LogP contribution in [0.3, 0.4) is 0 Å². The molecule has 0 fully saturated rings. The molecule has 3 nitrogen and oxygen atoms in total. The van der Waals surface area contributed by atoms with E-state index in [1.165, 1.54) is 12.1 Å². The van der Waals surface area contributed by atoms with Gasteiger partial charge in [0, 0.05) is 22.9 Å². The van der Waals surface area contributed by atoms with Gasteiger partial charge in [-0.2, -0.15) is 5.26 Å². The van der Waals surface area contributed by atoms with E-state index in [1.54, 1.807) is 30.3 Å². The van der Waals surface area contributed by atoms with Crippen molar-refractivity contribution < 1.29 is 9.13 Å². The molecule has 2 N–H and O–H groups in total. The molecule has 21 heavy (non-hydrogen) atoms. The Labute approximate surface area is 121 Å². The number of benzene rings is 2. The van der Waals surface area contributed by atoms with Crippen LogP contribution < -0.4 is 10.5 Å². The third-order valence-corrected chi connectivity index (χ3v) is 3.28. The van der Waals surface area contributed by atoms with Gasteiger partial charge in [-0.15, -0.1) is 0 Å². The molecule has 0 radical (unpaired) electrons. The second-order valence-corrected chi connectivity index (χ2v) is 4.65. The van der Waals surface area contributed by atoms with Crippen LogP contribution in [0, 0.1) is 17.1 Å². The van der Waals surface area contributed by atoms with Crippen molar-refractivity contribution in [1.29, 1.82) is 5.26 Å². The zero-order valence-electron chi connectivity index (χ0n) is 11.1. The number of hydrogen-bond acceptors (Lipinski definition) is 3. The monoisotopic (exact) mass is 278 g/mol. The molecule has 1 aliphatic rings. The Kier molecular flexibility index (Phi) is 2.96. The Morgan fingerprint density at radius 3 is 2.52 bits per heavy atom. The van der Waals surface area contributed by atoms with Crippen molar-refractivity contribution in [3.8, 4) is 11.8 Å². The second kappa shape index (κ2) is 4.80. The van der Waals surface area contributed by atoms with Crippen molar-refractivity contribution in [1.82, 2.24) is 0 Å². The standard InChI is InChI=1S/C17H11FN2O/c1-10-15(9-19)17(11-2-4-12(18)5-3-11)14-7-6-13(20)8-16(14)21-10/h2-8H,1,20H2. The number of allylic oxidation sites excluding steroid dienone is 1. The van der Waals surface area contributed by atoms with Crippen LogP contribution in [0.15, 0.2) is 60.4 Å². The maximum atomic E-state index is 13.1. The van der Waals surface area contributed by atoms with Crippen molar-refractivity contribution in [3.05, 3.63) is 77.3 Å². The van der Waals surface area contributed by atoms with Crippen LogP contribution >= 0.6 is 0 Å². The van der Waals surface area contributed by atoms with Crippen molar-refractivity contribution in [3.63, 3.8) is 0 Å². The smallest absolute Gasteiger partial charge is 0.138 e. The van der Waals surface area contributed by atoms with Crippen LogP contribution in [0.1, 0.15) is 11.1 Å². The number of ether oxygens (including phenoxy) is 1. The Hall–Kier alpha value is -3.06. The van der Waals surface area contributed by atoms with Gasteiger partial charge in [-0.25, -0.2) is 4.39 Å². The molecule has 2 aromatic rings. The van der Waals surface area contributed by atoms with Crippen LogP contribution in [-0.2, 0) is 0 Å². The summed E-state index contributed by atoms with van der Waals surface area (Å²) < 4.78 is 18.7. The summed E-state index contributed by atoms with van der Waals surface area (Å²) >= 11 is 0. The van der Waals surface area contributed by atoms with E-state index in [2.05, 4.69) is 12.6 Å². The first-order chi connectivity index (χ1) is 10.1. The number of halogens is 1. The summed E-state index contributed by atoms with van der Waals surface area (Å²) in [5, 5.41) is 9.38. The molecule has 0 saturated heterocycles. The van der Waals surface area contributed by atoms with E-state index in [1.807, 2.05) is 0 Å². The van der Waals surface area contributed by atoms with E-state index in [-0.39, 0.29) is 11.6 Å². The van der Waals surface area contributed by atoms with Gasteiger partial charge in [-0.05, 0) is 29.8 Å². The van der Waals surface area contributed by atoms with E-state index < -0.39 is 0 Å². The molecule has 0 saturated carbocycles. The lowest BCUT2D eigenvalue weighted by molar-refractivity contribution is 0.436. The summed E-state index contributed by atoms with van der Waals surface area (Å²) in [4.78, 5) is 0. The molecule has 102 valence electrons. The highest BCUT2D eigenvalue weighted by Crippen LogP contribution is 2.41. The molecule has 2 aromatic carbocycles. The number of nitriles is 1. The molecule has 4 heteroatoms. The number of nitrogens with two attached hydrogens (primary N) is 1. The predicted octanol–water partition coefficient (Wildman–Crippen LogP) is 3.64. The molecule has 1 heterocycles. The Balaban J connectivity index is 2.30. The zero-order chi connectivity index (χ0) is 15.0. The molecular formula is C17H11FN2O. The summed E-state index contributed by atoms with van der Waals surface area (Å²) in [6, 6.07) is 13.3. The summed E-state index contributed by atoms with van der Waals surface area (Å²) in [7, 11) is 0. The number of rotatable bonds is 1. The minimum Gasteiger partial charge on any atom is -0.456 e. The molecule has 1 aliphatic heterocycles. The molecule has 0 spiro atoms. The number of nitrogens with zero attached hydrogens (tertiary/aromatic N) is 1. The van der Waals surface area contributed by atoms with E-state index in [4.69, 9.17) is 10.5 Å². The zero-order valence-corrected chi connectivity index (χ0v) is 11.1. The molecule has 0 amide bonds. The predicted molar refractivity (Wildman–Crippen MR) is 78.7 cm³/mol. The maximum absolute atomic E-state index is 13.1. The molecule has 0 bridgehead atoms. The number of nitrogen functional groups attached to an aromatic ring is 1. The topological polar surface area (TPSA) is 59.0 Å². The molecule has 0 aromatic heterocycles. The van der Waals surface area contributed by atoms with Crippen LogP contribution in [0.5, 0.6) is 5.75 Å². The fraction of sp³-hybridized carbons (Fsp3) is 0. The van der Waals surface area contributed by atoms with Gasteiger partial charge in [-0.3, -0.25) is 0 Å². The molecular weight excluding hydrogens is 267 g/mol. The van der Waals surface area contributed by atoms with E-state index in [0.29, 0.717) is 22.6 Å². The van der Waals surface area contributed by atoms with Gasteiger partial charge in [0.2, 0.25) is 0 Å². The van der Waals surface area contributed by atoms with Gasteiger partial charge in [0.05, 0.1) is 0 Å². The van der Waals surface area contributed by atoms with Gasteiger partial charge in [0.1, 0.15) is 29.0 Å². The largest absolute Gasteiger partial charge is 0.456 e. The van der Waals surface area contributed by atoms with Crippen LogP contribution in [0.2, 0.25) is 0 Å². The van der Waals surface area contributed by atoms with Gasteiger partial charge in [-0.1, -0.05) is 18.7 Å².